The van der Waals surface area contributed by atoms with E-state index in [0.29, 0.717) is 19.3 Å². The van der Waals surface area contributed by atoms with E-state index in [0.717, 1.165) is 57.8 Å². The third kappa shape index (κ3) is 59.0. The predicted octanol–water partition coefficient (Wildman–Crippen LogP) is 22.1. The van der Waals surface area contributed by atoms with Gasteiger partial charge in [0.1, 0.15) is 13.2 Å². The minimum absolute atomic E-state index is 0.0635. The van der Waals surface area contributed by atoms with Crippen molar-refractivity contribution in [2.75, 3.05) is 13.2 Å². The maximum atomic E-state index is 12.8. The van der Waals surface area contributed by atoms with Crippen molar-refractivity contribution in [3.05, 3.63) is 12.2 Å². The molecule has 0 amide bonds. The Kier molecular flexibility index (Phi) is 60.1. The van der Waals surface area contributed by atoms with Crippen LogP contribution in [0.15, 0.2) is 12.2 Å². The Bertz CT molecular complexity index is 1120. The highest BCUT2D eigenvalue weighted by Gasteiger charge is 2.19. The SMILES string of the molecule is CCCCCCCCCC/C=C\CCCCCCCCCCCCCCCCCCCCCCCCCC(=O)OCC(COC(=O)CCCCCCCC)OC(=O)CCCCCCCCCCCCCCC. The first kappa shape index (κ1) is 70.1. The van der Waals surface area contributed by atoms with Crippen LogP contribution in [0.2, 0.25) is 0 Å². The average molecular weight is 1020 g/mol. The van der Waals surface area contributed by atoms with Gasteiger partial charge in [0, 0.05) is 19.3 Å². The molecule has 0 aliphatic carbocycles. The number of hydrogen-bond donors (Lipinski definition) is 0. The van der Waals surface area contributed by atoms with Crippen molar-refractivity contribution < 1.29 is 28.6 Å². The first-order valence-corrected chi connectivity index (χ1v) is 32.7. The van der Waals surface area contributed by atoms with Crippen LogP contribution in [0.4, 0.5) is 0 Å². The van der Waals surface area contributed by atoms with Gasteiger partial charge in [-0.3, -0.25) is 14.4 Å². The van der Waals surface area contributed by atoms with Crippen molar-refractivity contribution in [1.29, 1.82) is 0 Å². The van der Waals surface area contributed by atoms with E-state index in [-0.39, 0.29) is 31.1 Å². The summed E-state index contributed by atoms with van der Waals surface area (Å²) in [6, 6.07) is 0. The molecule has 0 aromatic carbocycles. The molecule has 0 saturated carbocycles. The van der Waals surface area contributed by atoms with Crippen molar-refractivity contribution in [2.45, 2.75) is 380 Å². The molecule has 426 valence electrons. The lowest BCUT2D eigenvalue weighted by Crippen LogP contribution is -2.30. The summed E-state index contributed by atoms with van der Waals surface area (Å²) in [5, 5.41) is 0. The van der Waals surface area contributed by atoms with Crippen LogP contribution in [-0.2, 0) is 28.6 Å². The Morgan fingerprint density at radius 3 is 0.694 bits per heavy atom. The van der Waals surface area contributed by atoms with Gasteiger partial charge in [0.05, 0.1) is 0 Å². The molecule has 6 nitrogen and oxygen atoms in total. The second-order valence-electron chi connectivity index (χ2n) is 22.4. The molecule has 0 aliphatic heterocycles. The Morgan fingerprint density at radius 1 is 0.264 bits per heavy atom. The fraction of sp³-hybridized carbons (Fsp3) is 0.924. The number of ether oxygens (including phenoxy) is 3. The number of esters is 3. The van der Waals surface area contributed by atoms with Crippen molar-refractivity contribution in [2.24, 2.45) is 0 Å². The summed E-state index contributed by atoms with van der Waals surface area (Å²) in [7, 11) is 0. The largest absolute Gasteiger partial charge is 0.462 e. The van der Waals surface area contributed by atoms with E-state index in [4.69, 9.17) is 14.2 Å². The maximum absolute atomic E-state index is 12.8. The standard InChI is InChI=1S/C66H126O6/c1-4-7-10-13-16-18-20-22-23-24-25-26-27-28-29-30-31-32-33-34-35-36-37-38-39-40-41-42-43-45-46-48-50-53-56-59-65(68)71-62-63(61-70-64(67)58-55-52-15-12-9-6-3)72-66(69)60-57-54-51-49-47-44-21-19-17-14-11-8-5-2/h24-25,63H,4-23,26-62H2,1-3H3/b25-24-. The number of carbonyl (C=O) groups is 3. The molecule has 6 heteroatoms. The van der Waals surface area contributed by atoms with Crippen LogP contribution in [0.5, 0.6) is 0 Å². The zero-order chi connectivity index (χ0) is 52.2. The molecule has 0 aromatic heterocycles. The molecule has 0 bridgehead atoms. The molecular formula is C66H126O6. The summed E-state index contributed by atoms with van der Waals surface area (Å²) in [5.41, 5.74) is 0. The molecule has 0 aliphatic rings. The number of carbonyl (C=O) groups excluding carboxylic acids is 3. The molecule has 1 unspecified atom stereocenters. The van der Waals surface area contributed by atoms with Crippen molar-refractivity contribution >= 4 is 17.9 Å². The minimum atomic E-state index is -0.760. The summed E-state index contributed by atoms with van der Waals surface area (Å²) in [4.78, 5) is 37.9. The van der Waals surface area contributed by atoms with Gasteiger partial charge in [0.2, 0.25) is 0 Å². The smallest absolute Gasteiger partial charge is 0.306 e. The molecule has 0 aromatic rings. The third-order valence-corrected chi connectivity index (χ3v) is 15.0. The van der Waals surface area contributed by atoms with Gasteiger partial charge in [-0.15, -0.1) is 0 Å². The van der Waals surface area contributed by atoms with E-state index in [1.807, 2.05) is 0 Å². The van der Waals surface area contributed by atoms with Gasteiger partial charge in [-0.05, 0) is 44.9 Å². The molecule has 0 fully saturated rings. The number of unbranched alkanes of at least 4 members (excludes halogenated alkanes) is 48. The van der Waals surface area contributed by atoms with Gasteiger partial charge >= 0.3 is 17.9 Å². The highest BCUT2D eigenvalue weighted by atomic mass is 16.6. The number of hydrogen-bond acceptors (Lipinski definition) is 6. The predicted molar refractivity (Wildman–Crippen MR) is 312 cm³/mol. The topological polar surface area (TPSA) is 78.9 Å². The fourth-order valence-electron chi connectivity index (χ4n) is 10.1. The van der Waals surface area contributed by atoms with Crippen molar-refractivity contribution in [1.82, 2.24) is 0 Å². The second-order valence-corrected chi connectivity index (χ2v) is 22.4. The lowest BCUT2D eigenvalue weighted by molar-refractivity contribution is -0.167. The number of rotatable bonds is 61. The second kappa shape index (κ2) is 61.7. The van der Waals surface area contributed by atoms with Crippen LogP contribution in [0.3, 0.4) is 0 Å². The van der Waals surface area contributed by atoms with Gasteiger partial charge in [0.25, 0.3) is 0 Å². The highest BCUT2D eigenvalue weighted by Crippen LogP contribution is 2.18. The lowest BCUT2D eigenvalue weighted by atomic mass is 10.0. The monoisotopic (exact) mass is 1010 g/mol. The summed E-state index contributed by atoms with van der Waals surface area (Å²) in [6.45, 7) is 6.63. The first-order valence-electron chi connectivity index (χ1n) is 32.7. The first-order chi connectivity index (χ1) is 35.5. The summed E-state index contributed by atoms with van der Waals surface area (Å²) < 4.78 is 16.8. The highest BCUT2D eigenvalue weighted by molar-refractivity contribution is 5.71. The summed E-state index contributed by atoms with van der Waals surface area (Å²) in [5.74, 6) is -0.850. The quantitative estimate of drug-likeness (QED) is 0.0261. The lowest BCUT2D eigenvalue weighted by Gasteiger charge is -2.18. The van der Waals surface area contributed by atoms with E-state index in [9.17, 15) is 14.4 Å². The molecule has 0 saturated heterocycles. The Labute approximate surface area is 450 Å². The van der Waals surface area contributed by atoms with Crippen LogP contribution in [0.1, 0.15) is 374 Å². The van der Waals surface area contributed by atoms with Crippen LogP contribution >= 0.6 is 0 Å². The molecule has 0 N–H and O–H groups in total. The molecule has 1 atom stereocenters. The van der Waals surface area contributed by atoms with Crippen LogP contribution in [-0.4, -0.2) is 37.2 Å². The average Bonchev–Trinajstić information content (AvgIpc) is 3.38. The maximum Gasteiger partial charge on any atom is 0.306 e. The van der Waals surface area contributed by atoms with Crippen LogP contribution < -0.4 is 0 Å². The van der Waals surface area contributed by atoms with Gasteiger partial charge < -0.3 is 14.2 Å². The minimum Gasteiger partial charge on any atom is -0.462 e. The van der Waals surface area contributed by atoms with Gasteiger partial charge in [-0.2, -0.15) is 0 Å². The van der Waals surface area contributed by atoms with E-state index >= 15 is 0 Å². The number of allylic oxidation sites excluding steroid dienone is 2. The Hall–Kier alpha value is -1.85. The van der Waals surface area contributed by atoms with Gasteiger partial charge in [-0.25, -0.2) is 0 Å². The molecule has 72 heavy (non-hydrogen) atoms. The fourth-order valence-corrected chi connectivity index (χ4v) is 10.1. The van der Waals surface area contributed by atoms with Crippen LogP contribution in [0, 0.1) is 0 Å². The van der Waals surface area contributed by atoms with E-state index in [2.05, 4.69) is 32.9 Å². The van der Waals surface area contributed by atoms with Gasteiger partial charge in [0.15, 0.2) is 6.10 Å². The Morgan fingerprint density at radius 2 is 0.458 bits per heavy atom. The van der Waals surface area contributed by atoms with E-state index in [1.54, 1.807) is 0 Å². The zero-order valence-corrected chi connectivity index (χ0v) is 49.0. The molecule has 0 rings (SSSR count). The molecule has 0 spiro atoms. The zero-order valence-electron chi connectivity index (χ0n) is 49.0. The molecular weight excluding hydrogens is 889 g/mol. The Balaban J connectivity index is 3.83. The normalized spacial score (nSPS) is 12.0. The molecule has 0 heterocycles. The van der Waals surface area contributed by atoms with E-state index in [1.165, 1.54) is 276 Å². The van der Waals surface area contributed by atoms with Crippen LogP contribution in [0.25, 0.3) is 0 Å². The molecule has 0 radical (unpaired) electrons. The van der Waals surface area contributed by atoms with E-state index < -0.39 is 6.10 Å². The summed E-state index contributed by atoms with van der Waals surface area (Å²) in [6.07, 6.45) is 72.9. The third-order valence-electron chi connectivity index (χ3n) is 15.0. The van der Waals surface area contributed by atoms with Crippen molar-refractivity contribution in [3.8, 4) is 0 Å². The summed E-state index contributed by atoms with van der Waals surface area (Å²) >= 11 is 0. The van der Waals surface area contributed by atoms with Crippen molar-refractivity contribution in [3.63, 3.8) is 0 Å². The van der Waals surface area contributed by atoms with Gasteiger partial charge in [-0.1, -0.05) is 322 Å².